The predicted octanol–water partition coefficient (Wildman–Crippen LogP) is 2.98. The third kappa shape index (κ3) is 2.93. The van der Waals surface area contributed by atoms with Gasteiger partial charge in [0.15, 0.2) is 9.84 Å². The van der Waals surface area contributed by atoms with Crippen molar-refractivity contribution in [3.8, 4) is 0 Å². The molecular weight excluding hydrogens is 358 g/mol. The van der Waals surface area contributed by atoms with Crippen LogP contribution in [0.2, 0.25) is 0 Å². The standard InChI is InChI=1S/C18H21NO4S2/c20-17(18(7-1-2-8-18)16-6-4-10-24-16)19-11-15(12-19)25(21,22)13-14-5-3-9-23-14/h3-6,9-10,15H,1-2,7-8,11-13H2. The summed E-state index contributed by atoms with van der Waals surface area (Å²) in [5.41, 5.74) is -0.427. The zero-order chi connectivity index (χ0) is 17.5. The molecule has 25 heavy (non-hydrogen) atoms. The van der Waals surface area contributed by atoms with Crippen LogP contribution in [0, 0.1) is 0 Å². The summed E-state index contributed by atoms with van der Waals surface area (Å²) >= 11 is 1.63. The lowest BCUT2D eigenvalue weighted by molar-refractivity contribution is -0.140. The van der Waals surface area contributed by atoms with Gasteiger partial charge in [-0.15, -0.1) is 11.3 Å². The van der Waals surface area contributed by atoms with Gasteiger partial charge in [-0.2, -0.15) is 0 Å². The molecule has 134 valence electrons. The van der Waals surface area contributed by atoms with E-state index in [1.165, 1.54) is 6.26 Å². The Morgan fingerprint density at radius 3 is 2.60 bits per heavy atom. The van der Waals surface area contributed by atoms with E-state index in [0.29, 0.717) is 18.8 Å². The van der Waals surface area contributed by atoms with Gasteiger partial charge in [0.2, 0.25) is 5.91 Å². The lowest BCUT2D eigenvalue weighted by atomic mass is 9.82. The minimum atomic E-state index is -3.30. The highest BCUT2D eigenvalue weighted by Crippen LogP contribution is 2.45. The molecule has 4 rings (SSSR count). The highest BCUT2D eigenvalue weighted by molar-refractivity contribution is 7.91. The Morgan fingerprint density at radius 1 is 1.24 bits per heavy atom. The molecule has 0 atom stereocenters. The maximum Gasteiger partial charge on any atom is 0.234 e. The van der Waals surface area contributed by atoms with Crippen molar-refractivity contribution in [3.05, 3.63) is 46.5 Å². The summed E-state index contributed by atoms with van der Waals surface area (Å²) in [7, 11) is -3.30. The molecule has 1 aliphatic carbocycles. The van der Waals surface area contributed by atoms with Crippen LogP contribution in [0.5, 0.6) is 0 Å². The minimum Gasteiger partial charge on any atom is -0.468 e. The van der Waals surface area contributed by atoms with Crippen LogP contribution in [0.1, 0.15) is 36.3 Å². The number of amides is 1. The SMILES string of the molecule is O=C(N1CC(S(=O)(=O)Cc2ccco2)C1)C1(c2cccs2)CCCC1. The van der Waals surface area contributed by atoms with Gasteiger partial charge in [0, 0.05) is 18.0 Å². The first-order valence-electron chi connectivity index (χ1n) is 8.59. The van der Waals surface area contributed by atoms with E-state index in [1.807, 2.05) is 17.5 Å². The molecule has 2 aliphatic rings. The fourth-order valence-corrected chi connectivity index (χ4v) is 6.53. The summed E-state index contributed by atoms with van der Waals surface area (Å²) in [6, 6.07) is 7.38. The Kier molecular flexibility index (Phi) is 4.24. The first-order valence-corrected chi connectivity index (χ1v) is 11.2. The number of nitrogens with zero attached hydrogens (tertiary/aromatic N) is 1. The molecule has 0 N–H and O–H groups in total. The lowest BCUT2D eigenvalue weighted by Crippen LogP contribution is -2.61. The third-order valence-corrected chi connectivity index (χ3v) is 8.50. The molecule has 2 aromatic heterocycles. The Morgan fingerprint density at radius 2 is 2.00 bits per heavy atom. The molecule has 2 fully saturated rings. The normalized spacial score (nSPS) is 20.6. The molecule has 0 aromatic carbocycles. The molecule has 1 amide bonds. The number of hydrogen-bond acceptors (Lipinski definition) is 5. The molecule has 0 spiro atoms. The molecule has 1 saturated heterocycles. The van der Waals surface area contributed by atoms with E-state index < -0.39 is 20.5 Å². The number of rotatable bonds is 5. The molecule has 0 radical (unpaired) electrons. The van der Waals surface area contributed by atoms with Crippen LogP contribution in [0.15, 0.2) is 40.3 Å². The molecule has 2 aromatic rings. The average molecular weight is 380 g/mol. The van der Waals surface area contributed by atoms with E-state index in [1.54, 1.807) is 28.4 Å². The molecule has 0 unspecified atom stereocenters. The summed E-state index contributed by atoms with van der Waals surface area (Å²) in [5.74, 6) is 0.468. The van der Waals surface area contributed by atoms with Crippen LogP contribution >= 0.6 is 11.3 Å². The van der Waals surface area contributed by atoms with E-state index in [0.717, 1.165) is 30.6 Å². The Labute approximate surface area is 151 Å². The number of hydrogen-bond donors (Lipinski definition) is 0. The van der Waals surface area contributed by atoms with Gasteiger partial charge in [-0.1, -0.05) is 18.9 Å². The fraction of sp³-hybridized carbons (Fsp3) is 0.500. The first kappa shape index (κ1) is 16.8. The smallest absolute Gasteiger partial charge is 0.234 e. The molecule has 5 nitrogen and oxygen atoms in total. The van der Waals surface area contributed by atoms with Gasteiger partial charge in [-0.3, -0.25) is 4.79 Å². The summed E-state index contributed by atoms with van der Waals surface area (Å²) in [4.78, 5) is 16.0. The Hall–Kier alpha value is -1.60. The van der Waals surface area contributed by atoms with Gasteiger partial charge < -0.3 is 9.32 Å². The summed E-state index contributed by atoms with van der Waals surface area (Å²) in [6.45, 7) is 0.601. The Balaban J connectivity index is 1.45. The number of furan rings is 1. The largest absolute Gasteiger partial charge is 0.468 e. The van der Waals surface area contributed by atoms with Gasteiger partial charge >= 0.3 is 0 Å². The number of thiophene rings is 1. The van der Waals surface area contributed by atoms with Gasteiger partial charge in [0.25, 0.3) is 0 Å². The molecule has 7 heteroatoms. The van der Waals surface area contributed by atoms with Crippen LogP contribution in [0.3, 0.4) is 0 Å². The fourth-order valence-electron chi connectivity index (χ4n) is 3.94. The number of likely N-dealkylation sites (tertiary alicyclic amines) is 1. The number of carbonyl (C=O) groups excluding carboxylic acids is 1. The topological polar surface area (TPSA) is 67.6 Å². The van der Waals surface area contributed by atoms with Crippen LogP contribution in [0.4, 0.5) is 0 Å². The highest BCUT2D eigenvalue weighted by Gasteiger charge is 2.50. The van der Waals surface area contributed by atoms with Crippen molar-refractivity contribution in [1.29, 1.82) is 0 Å². The highest BCUT2D eigenvalue weighted by atomic mass is 32.2. The zero-order valence-electron chi connectivity index (χ0n) is 13.9. The van der Waals surface area contributed by atoms with E-state index in [-0.39, 0.29) is 11.7 Å². The molecular formula is C18H21NO4S2. The summed E-state index contributed by atoms with van der Waals surface area (Å²) < 4.78 is 30.1. The van der Waals surface area contributed by atoms with E-state index in [9.17, 15) is 13.2 Å². The maximum atomic E-state index is 13.2. The second kappa shape index (κ2) is 6.29. The molecule has 0 bridgehead atoms. The number of carbonyl (C=O) groups is 1. The minimum absolute atomic E-state index is 0.0945. The summed E-state index contributed by atoms with van der Waals surface area (Å²) in [5, 5.41) is 1.53. The second-order valence-corrected chi connectivity index (χ2v) is 10.2. The van der Waals surface area contributed by atoms with Crippen LogP contribution in [-0.2, 0) is 25.8 Å². The van der Waals surface area contributed by atoms with Gasteiger partial charge in [-0.25, -0.2) is 8.42 Å². The average Bonchev–Trinajstić information content (AvgIpc) is 3.27. The maximum absolute atomic E-state index is 13.2. The lowest BCUT2D eigenvalue weighted by Gasteiger charge is -2.43. The van der Waals surface area contributed by atoms with Crippen molar-refractivity contribution in [2.24, 2.45) is 0 Å². The summed E-state index contributed by atoms with van der Waals surface area (Å²) in [6.07, 6.45) is 5.32. The molecule has 3 heterocycles. The first-order chi connectivity index (χ1) is 12.0. The van der Waals surface area contributed by atoms with E-state index >= 15 is 0 Å². The van der Waals surface area contributed by atoms with Crippen LogP contribution in [-0.4, -0.2) is 37.6 Å². The van der Waals surface area contributed by atoms with Crippen molar-refractivity contribution in [2.75, 3.05) is 13.1 Å². The van der Waals surface area contributed by atoms with Crippen molar-refractivity contribution >= 4 is 27.1 Å². The van der Waals surface area contributed by atoms with Crippen LogP contribution < -0.4 is 0 Å². The van der Waals surface area contributed by atoms with Gasteiger partial charge in [0.1, 0.15) is 11.5 Å². The number of sulfone groups is 1. The van der Waals surface area contributed by atoms with E-state index in [2.05, 4.69) is 0 Å². The van der Waals surface area contributed by atoms with Gasteiger partial charge in [-0.05, 0) is 36.4 Å². The van der Waals surface area contributed by atoms with Crippen LogP contribution in [0.25, 0.3) is 0 Å². The van der Waals surface area contributed by atoms with E-state index in [4.69, 9.17) is 4.42 Å². The van der Waals surface area contributed by atoms with Crippen molar-refractivity contribution in [3.63, 3.8) is 0 Å². The Bertz CT molecular complexity index is 828. The van der Waals surface area contributed by atoms with Crippen molar-refractivity contribution < 1.29 is 17.6 Å². The molecule has 1 saturated carbocycles. The predicted molar refractivity (Wildman–Crippen MR) is 96.2 cm³/mol. The quantitative estimate of drug-likeness (QED) is 0.801. The van der Waals surface area contributed by atoms with Crippen molar-refractivity contribution in [2.45, 2.75) is 42.1 Å². The second-order valence-electron chi connectivity index (χ2n) is 6.99. The van der Waals surface area contributed by atoms with Gasteiger partial charge in [0.05, 0.1) is 16.9 Å². The van der Waals surface area contributed by atoms with Crippen molar-refractivity contribution in [1.82, 2.24) is 4.90 Å². The molecule has 1 aliphatic heterocycles. The monoisotopic (exact) mass is 379 g/mol. The third-order valence-electron chi connectivity index (χ3n) is 5.43. The zero-order valence-corrected chi connectivity index (χ0v) is 15.5.